The number of halogens is 1. The van der Waals surface area contributed by atoms with E-state index in [1.165, 1.54) is 0 Å². The maximum absolute atomic E-state index is 6.05. The van der Waals surface area contributed by atoms with Gasteiger partial charge in [-0.1, -0.05) is 17.7 Å². The Labute approximate surface area is 115 Å². The summed E-state index contributed by atoms with van der Waals surface area (Å²) in [5.41, 5.74) is 8.72. The number of nitrogens with zero attached hydrogens (tertiary/aromatic N) is 3. The zero-order valence-electron chi connectivity index (χ0n) is 10.4. The van der Waals surface area contributed by atoms with Gasteiger partial charge < -0.3 is 10.3 Å². The average Bonchev–Trinajstić information content (AvgIpc) is 2.74. The van der Waals surface area contributed by atoms with Gasteiger partial charge in [0.25, 0.3) is 0 Å². The van der Waals surface area contributed by atoms with Gasteiger partial charge in [-0.05, 0) is 37.3 Å². The molecule has 1 atom stereocenters. The number of hydrogen-bond acceptors (Lipinski definition) is 3. The number of pyridine rings is 1. The van der Waals surface area contributed by atoms with Crippen molar-refractivity contribution in [3.63, 3.8) is 0 Å². The number of nitrogens with two attached hydrogens (primary N) is 1. The summed E-state index contributed by atoms with van der Waals surface area (Å²) >= 11 is 6.05. The Balaban J connectivity index is 2.19. The summed E-state index contributed by atoms with van der Waals surface area (Å²) in [6.07, 6.45) is 1.77. The molecule has 1 unspecified atom stereocenters. The third-order valence-electron chi connectivity index (χ3n) is 3.18. The lowest BCUT2D eigenvalue weighted by Crippen LogP contribution is -2.11. The first kappa shape index (κ1) is 12.0. The molecule has 0 saturated carbocycles. The fourth-order valence-corrected chi connectivity index (χ4v) is 2.41. The minimum atomic E-state index is 0.00432. The Bertz CT molecular complexity index is 721. The lowest BCUT2D eigenvalue weighted by atomic mass is 10.2. The molecule has 0 aliphatic heterocycles. The van der Waals surface area contributed by atoms with E-state index >= 15 is 0 Å². The summed E-state index contributed by atoms with van der Waals surface area (Å²) in [7, 11) is 0. The van der Waals surface area contributed by atoms with Crippen molar-refractivity contribution in [3.05, 3.63) is 53.3 Å². The highest BCUT2D eigenvalue weighted by Gasteiger charge is 2.16. The third-order valence-corrected chi connectivity index (χ3v) is 3.42. The molecule has 0 fully saturated rings. The van der Waals surface area contributed by atoms with Gasteiger partial charge in [0.1, 0.15) is 0 Å². The van der Waals surface area contributed by atoms with E-state index in [0.717, 1.165) is 16.7 Å². The van der Waals surface area contributed by atoms with Crippen molar-refractivity contribution in [2.75, 3.05) is 5.73 Å². The van der Waals surface area contributed by atoms with Gasteiger partial charge in [-0.25, -0.2) is 4.98 Å². The Morgan fingerprint density at radius 3 is 2.84 bits per heavy atom. The topological polar surface area (TPSA) is 56.7 Å². The molecule has 2 N–H and O–H groups in total. The summed E-state index contributed by atoms with van der Waals surface area (Å²) in [5.74, 6) is 0.468. The molecule has 0 spiro atoms. The number of fused-ring (bicyclic) bond motifs is 1. The standard InChI is InChI=1S/C14H13ClN4/c1-9(11-4-2-3-7-17-11)19-13-8-10(15)5-6-12(13)18-14(19)16/h2-9H,1H3,(H2,16,18). The molecule has 0 amide bonds. The van der Waals surface area contributed by atoms with Crippen molar-refractivity contribution in [2.45, 2.75) is 13.0 Å². The van der Waals surface area contributed by atoms with Gasteiger partial charge >= 0.3 is 0 Å². The largest absolute Gasteiger partial charge is 0.369 e. The van der Waals surface area contributed by atoms with E-state index in [9.17, 15) is 0 Å². The number of rotatable bonds is 2. The van der Waals surface area contributed by atoms with Crippen LogP contribution in [-0.2, 0) is 0 Å². The van der Waals surface area contributed by atoms with Gasteiger partial charge in [0.15, 0.2) is 0 Å². The number of aromatic nitrogens is 3. The first-order chi connectivity index (χ1) is 9.16. The van der Waals surface area contributed by atoms with Crippen LogP contribution < -0.4 is 5.73 Å². The van der Waals surface area contributed by atoms with Gasteiger partial charge in [0.05, 0.1) is 22.8 Å². The van der Waals surface area contributed by atoms with Crippen LogP contribution in [0, 0.1) is 0 Å². The van der Waals surface area contributed by atoms with E-state index in [-0.39, 0.29) is 6.04 Å². The highest BCUT2D eigenvalue weighted by molar-refractivity contribution is 6.31. The smallest absolute Gasteiger partial charge is 0.201 e. The minimum Gasteiger partial charge on any atom is -0.369 e. The van der Waals surface area contributed by atoms with Crippen LogP contribution in [0.3, 0.4) is 0 Å². The number of nitrogen functional groups attached to an aromatic ring is 1. The molecule has 0 aliphatic rings. The van der Waals surface area contributed by atoms with Gasteiger partial charge in [-0.2, -0.15) is 0 Å². The van der Waals surface area contributed by atoms with Crippen molar-refractivity contribution in [2.24, 2.45) is 0 Å². The second-order valence-electron chi connectivity index (χ2n) is 4.40. The third kappa shape index (κ3) is 2.04. The van der Waals surface area contributed by atoms with Crippen molar-refractivity contribution in [1.82, 2.24) is 14.5 Å². The van der Waals surface area contributed by atoms with E-state index in [0.29, 0.717) is 11.0 Å². The molecule has 5 heteroatoms. The lowest BCUT2D eigenvalue weighted by molar-refractivity contribution is 0.647. The Hall–Kier alpha value is -2.07. The minimum absolute atomic E-state index is 0.00432. The molecule has 2 heterocycles. The number of benzene rings is 1. The van der Waals surface area contributed by atoms with Crippen LogP contribution in [0.4, 0.5) is 5.95 Å². The summed E-state index contributed by atoms with van der Waals surface area (Å²) in [4.78, 5) is 8.72. The van der Waals surface area contributed by atoms with E-state index in [1.807, 2.05) is 47.9 Å². The number of anilines is 1. The highest BCUT2D eigenvalue weighted by atomic mass is 35.5. The van der Waals surface area contributed by atoms with Crippen molar-refractivity contribution >= 4 is 28.6 Å². The van der Waals surface area contributed by atoms with E-state index < -0.39 is 0 Å². The number of hydrogen-bond donors (Lipinski definition) is 1. The highest BCUT2D eigenvalue weighted by Crippen LogP contribution is 2.27. The first-order valence-electron chi connectivity index (χ1n) is 6.00. The Morgan fingerprint density at radius 2 is 2.11 bits per heavy atom. The molecule has 1 aromatic carbocycles. The van der Waals surface area contributed by atoms with Gasteiger partial charge in [-0.15, -0.1) is 0 Å². The molecule has 0 saturated heterocycles. The predicted octanol–water partition coefficient (Wildman–Crippen LogP) is 3.28. The van der Waals surface area contributed by atoms with E-state index in [2.05, 4.69) is 9.97 Å². The molecule has 96 valence electrons. The Morgan fingerprint density at radius 1 is 1.26 bits per heavy atom. The van der Waals surface area contributed by atoms with Crippen molar-refractivity contribution < 1.29 is 0 Å². The molecular weight excluding hydrogens is 260 g/mol. The van der Waals surface area contributed by atoms with Gasteiger partial charge in [0, 0.05) is 11.2 Å². The molecule has 19 heavy (non-hydrogen) atoms. The average molecular weight is 273 g/mol. The maximum Gasteiger partial charge on any atom is 0.201 e. The molecule has 2 aromatic heterocycles. The maximum atomic E-state index is 6.05. The van der Waals surface area contributed by atoms with Gasteiger partial charge in [-0.3, -0.25) is 4.98 Å². The molecule has 4 nitrogen and oxygen atoms in total. The first-order valence-corrected chi connectivity index (χ1v) is 6.38. The molecule has 0 bridgehead atoms. The molecule has 3 aromatic rings. The van der Waals surface area contributed by atoms with Crippen molar-refractivity contribution in [3.8, 4) is 0 Å². The van der Waals surface area contributed by atoms with Crippen LogP contribution in [0.25, 0.3) is 11.0 Å². The zero-order valence-corrected chi connectivity index (χ0v) is 11.2. The van der Waals surface area contributed by atoms with Crippen LogP contribution in [0.1, 0.15) is 18.7 Å². The zero-order chi connectivity index (χ0) is 13.4. The van der Waals surface area contributed by atoms with Crippen LogP contribution in [-0.4, -0.2) is 14.5 Å². The van der Waals surface area contributed by atoms with E-state index in [4.69, 9.17) is 17.3 Å². The summed E-state index contributed by atoms with van der Waals surface area (Å²) in [6, 6.07) is 11.4. The molecule has 3 rings (SSSR count). The quantitative estimate of drug-likeness (QED) is 0.779. The van der Waals surface area contributed by atoms with Crippen LogP contribution in [0.15, 0.2) is 42.6 Å². The van der Waals surface area contributed by atoms with Crippen LogP contribution in [0.5, 0.6) is 0 Å². The van der Waals surface area contributed by atoms with Crippen LogP contribution in [0.2, 0.25) is 5.02 Å². The van der Waals surface area contributed by atoms with E-state index in [1.54, 1.807) is 6.20 Å². The monoisotopic (exact) mass is 272 g/mol. The summed E-state index contributed by atoms with van der Waals surface area (Å²) < 4.78 is 1.95. The summed E-state index contributed by atoms with van der Waals surface area (Å²) in [6.45, 7) is 2.04. The van der Waals surface area contributed by atoms with Crippen molar-refractivity contribution in [1.29, 1.82) is 0 Å². The predicted molar refractivity (Wildman–Crippen MR) is 77.2 cm³/mol. The lowest BCUT2D eigenvalue weighted by Gasteiger charge is -2.15. The number of imidazole rings is 1. The molecular formula is C14H13ClN4. The molecule has 0 aliphatic carbocycles. The fourth-order valence-electron chi connectivity index (χ4n) is 2.25. The molecule has 0 radical (unpaired) electrons. The normalized spacial score (nSPS) is 12.7. The van der Waals surface area contributed by atoms with Crippen LogP contribution >= 0.6 is 11.6 Å². The fraction of sp³-hybridized carbons (Fsp3) is 0.143. The second kappa shape index (κ2) is 4.55. The van der Waals surface area contributed by atoms with Gasteiger partial charge in [0.2, 0.25) is 5.95 Å². The SMILES string of the molecule is CC(c1ccccn1)n1c(N)nc2ccc(Cl)cc21. The second-order valence-corrected chi connectivity index (χ2v) is 4.84. The Kier molecular flexibility index (Phi) is 2.87. The summed E-state index contributed by atoms with van der Waals surface area (Å²) in [5, 5.41) is 0.668.